The van der Waals surface area contributed by atoms with Crippen LogP contribution in [-0.4, -0.2) is 20.9 Å². The Balaban J connectivity index is 1.88. The molecule has 0 fully saturated rings. The molecule has 0 spiro atoms. The predicted octanol–water partition coefficient (Wildman–Crippen LogP) is 3.14. The maximum absolute atomic E-state index is 14.3. The third-order valence-electron chi connectivity index (χ3n) is 5.39. The average Bonchev–Trinajstić information content (AvgIpc) is 3.22. The SMILES string of the molecule is Cc1c(F)cccc1C1(C(=O)NO)Cc2cnn(-c3c(F)cccc3F)c2C1. The minimum absolute atomic E-state index is 0.00715. The number of halogens is 3. The molecule has 0 aliphatic heterocycles. The zero-order valence-electron chi connectivity index (χ0n) is 14.8. The number of carbonyl (C=O) groups excluding carboxylic acids is 1. The first-order valence-corrected chi connectivity index (χ1v) is 8.59. The zero-order chi connectivity index (χ0) is 20.1. The number of hydroxylamine groups is 1. The van der Waals surface area contributed by atoms with Gasteiger partial charge in [-0.2, -0.15) is 5.10 Å². The molecule has 144 valence electrons. The van der Waals surface area contributed by atoms with Crippen molar-refractivity contribution in [3.8, 4) is 5.69 Å². The maximum Gasteiger partial charge on any atom is 0.254 e. The number of hydrogen-bond acceptors (Lipinski definition) is 3. The fourth-order valence-corrected chi connectivity index (χ4v) is 4.01. The van der Waals surface area contributed by atoms with Crippen molar-refractivity contribution in [1.82, 2.24) is 15.3 Å². The van der Waals surface area contributed by atoms with Crippen LogP contribution >= 0.6 is 0 Å². The standard InChI is InChI=1S/C20H16F3N3O2/c1-11-13(4-2-5-14(11)21)20(19(27)25-28)8-12-10-24-26(17(12)9-20)18-15(22)6-3-7-16(18)23/h2-7,10,28H,8-9H2,1H3,(H,25,27). The van der Waals surface area contributed by atoms with Crippen LogP contribution in [0.5, 0.6) is 0 Å². The first-order valence-electron chi connectivity index (χ1n) is 8.59. The second-order valence-corrected chi connectivity index (χ2v) is 6.89. The number of nitrogens with zero attached hydrogens (tertiary/aromatic N) is 2. The monoisotopic (exact) mass is 387 g/mol. The number of amides is 1. The van der Waals surface area contributed by atoms with Gasteiger partial charge in [-0.1, -0.05) is 18.2 Å². The van der Waals surface area contributed by atoms with Gasteiger partial charge < -0.3 is 0 Å². The molecule has 2 aromatic carbocycles. The lowest BCUT2D eigenvalue weighted by Gasteiger charge is -2.29. The van der Waals surface area contributed by atoms with E-state index in [9.17, 15) is 23.2 Å². The Kier molecular flexibility index (Phi) is 4.23. The summed E-state index contributed by atoms with van der Waals surface area (Å²) in [5, 5.41) is 13.4. The smallest absolute Gasteiger partial charge is 0.254 e. The highest BCUT2D eigenvalue weighted by Gasteiger charge is 2.48. The Labute approximate surface area is 158 Å². The third-order valence-corrected chi connectivity index (χ3v) is 5.39. The highest BCUT2D eigenvalue weighted by molar-refractivity contribution is 5.89. The molecule has 0 bridgehead atoms. The Morgan fingerprint density at radius 2 is 1.75 bits per heavy atom. The van der Waals surface area contributed by atoms with E-state index in [-0.39, 0.29) is 24.1 Å². The van der Waals surface area contributed by atoms with Crippen LogP contribution in [0.25, 0.3) is 5.69 Å². The minimum Gasteiger partial charge on any atom is -0.289 e. The summed E-state index contributed by atoms with van der Waals surface area (Å²) in [6.07, 6.45) is 1.53. The van der Waals surface area contributed by atoms with Gasteiger partial charge in [0.1, 0.15) is 11.5 Å². The first kappa shape index (κ1) is 18.2. The molecule has 1 aromatic heterocycles. The van der Waals surface area contributed by atoms with Crippen molar-refractivity contribution in [2.75, 3.05) is 0 Å². The number of nitrogens with one attached hydrogen (secondary N) is 1. The molecule has 8 heteroatoms. The van der Waals surface area contributed by atoms with Gasteiger partial charge in [0.15, 0.2) is 11.6 Å². The van der Waals surface area contributed by atoms with E-state index in [1.807, 2.05) is 0 Å². The highest BCUT2D eigenvalue weighted by Crippen LogP contribution is 2.42. The summed E-state index contributed by atoms with van der Waals surface area (Å²) in [6.45, 7) is 1.54. The summed E-state index contributed by atoms with van der Waals surface area (Å²) in [4.78, 5) is 12.7. The zero-order valence-corrected chi connectivity index (χ0v) is 14.8. The van der Waals surface area contributed by atoms with Gasteiger partial charge in [-0.15, -0.1) is 0 Å². The van der Waals surface area contributed by atoms with E-state index < -0.39 is 28.8 Å². The molecule has 5 nitrogen and oxygen atoms in total. The first-order chi connectivity index (χ1) is 13.4. The molecule has 1 aliphatic rings. The predicted molar refractivity (Wildman–Crippen MR) is 93.6 cm³/mol. The van der Waals surface area contributed by atoms with Crippen LogP contribution in [0.1, 0.15) is 22.4 Å². The van der Waals surface area contributed by atoms with Gasteiger partial charge in [-0.25, -0.2) is 23.3 Å². The third kappa shape index (κ3) is 2.52. The normalized spacial score (nSPS) is 18.2. The van der Waals surface area contributed by atoms with Crippen LogP contribution in [0.15, 0.2) is 42.6 Å². The summed E-state index contributed by atoms with van der Waals surface area (Å²) in [5.41, 5.74) is 1.68. The van der Waals surface area contributed by atoms with Gasteiger partial charge in [0, 0.05) is 12.1 Å². The van der Waals surface area contributed by atoms with Gasteiger partial charge in [0.25, 0.3) is 5.91 Å². The largest absolute Gasteiger partial charge is 0.289 e. The molecule has 1 aliphatic carbocycles. The number of benzene rings is 2. The maximum atomic E-state index is 14.3. The summed E-state index contributed by atoms with van der Waals surface area (Å²) < 4.78 is 43.8. The molecule has 0 radical (unpaired) electrons. The van der Waals surface area contributed by atoms with Gasteiger partial charge in [0.05, 0.1) is 11.6 Å². The van der Waals surface area contributed by atoms with E-state index in [1.165, 1.54) is 24.4 Å². The Bertz CT molecular complexity index is 1080. The Morgan fingerprint density at radius 1 is 1.11 bits per heavy atom. The number of para-hydroxylation sites is 1. The van der Waals surface area contributed by atoms with Crippen LogP contribution in [-0.2, 0) is 23.1 Å². The lowest BCUT2D eigenvalue weighted by Crippen LogP contribution is -2.45. The molecule has 0 saturated carbocycles. The summed E-state index contributed by atoms with van der Waals surface area (Å²) >= 11 is 0. The van der Waals surface area contributed by atoms with Crippen molar-refractivity contribution >= 4 is 5.91 Å². The van der Waals surface area contributed by atoms with E-state index in [0.29, 0.717) is 16.8 Å². The molecular weight excluding hydrogens is 371 g/mol. The van der Waals surface area contributed by atoms with Crippen molar-refractivity contribution in [3.63, 3.8) is 0 Å². The second-order valence-electron chi connectivity index (χ2n) is 6.89. The summed E-state index contributed by atoms with van der Waals surface area (Å²) in [6, 6.07) is 7.86. The lowest BCUT2D eigenvalue weighted by atomic mass is 9.75. The fourth-order valence-electron chi connectivity index (χ4n) is 4.01. The van der Waals surface area contributed by atoms with Crippen molar-refractivity contribution in [2.45, 2.75) is 25.2 Å². The van der Waals surface area contributed by atoms with Crippen LogP contribution < -0.4 is 5.48 Å². The summed E-state index contributed by atoms with van der Waals surface area (Å²) in [5.74, 6) is -2.80. The second kappa shape index (κ2) is 6.49. The quantitative estimate of drug-likeness (QED) is 0.536. The number of fused-ring (bicyclic) bond motifs is 1. The van der Waals surface area contributed by atoms with E-state index in [1.54, 1.807) is 18.5 Å². The van der Waals surface area contributed by atoms with E-state index in [4.69, 9.17) is 0 Å². The average molecular weight is 387 g/mol. The molecule has 1 unspecified atom stereocenters. The van der Waals surface area contributed by atoms with Crippen LogP contribution in [0.4, 0.5) is 13.2 Å². The number of aromatic nitrogens is 2. The minimum atomic E-state index is -1.32. The molecule has 1 atom stereocenters. The van der Waals surface area contributed by atoms with Crippen LogP contribution in [0.2, 0.25) is 0 Å². The highest BCUT2D eigenvalue weighted by atomic mass is 19.1. The molecule has 4 rings (SSSR count). The molecule has 1 heterocycles. The topological polar surface area (TPSA) is 67.2 Å². The molecule has 3 aromatic rings. The van der Waals surface area contributed by atoms with Gasteiger partial charge >= 0.3 is 0 Å². The molecule has 28 heavy (non-hydrogen) atoms. The van der Waals surface area contributed by atoms with Gasteiger partial charge in [-0.05, 0) is 48.2 Å². The lowest BCUT2D eigenvalue weighted by molar-refractivity contribution is -0.135. The van der Waals surface area contributed by atoms with Crippen molar-refractivity contribution in [2.24, 2.45) is 0 Å². The van der Waals surface area contributed by atoms with Gasteiger partial charge in [-0.3, -0.25) is 10.0 Å². The van der Waals surface area contributed by atoms with Crippen LogP contribution in [0, 0.1) is 24.4 Å². The van der Waals surface area contributed by atoms with Crippen LogP contribution in [0.3, 0.4) is 0 Å². The van der Waals surface area contributed by atoms with Crippen molar-refractivity contribution in [1.29, 1.82) is 0 Å². The Hall–Kier alpha value is -3.13. The molecular formula is C20H16F3N3O2. The van der Waals surface area contributed by atoms with E-state index in [0.717, 1.165) is 16.8 Å². The molecule has 1 amide bonds. The van der Waals surface area contributed by atoms with E-state index in [2.05, 4.69) is 5.10 Å². The fraction of sp³-hybridized carbons (Fsp3) is 0.200. The molecule has 2 N–H and O–H groups in total. The van der Waals surface area contributed by atoms with Crippen molar-refractivity contribution < 1.29 is 23.2 Å². The number of rotatable bonds is 3. The van der Waals surface area contributed by atoms with Gasteiger partial charge in [0.2, 0.25) is 0 Å². The van der Waals surface area contributed by atoms with E-state index >= 15 is 0 Å². The number of carbonyl (C=O) groups is 1. The summed E-state index contributed by atoms with van der Waals surface area (Å²) in [7, 11) is 0. The number of hydrogen-bond donors (Lipinski definition) is 2. The van der Waals surface area contributed by atoms with Crippen molar-refractivity contribution in [3.05, 3.63) is 82.4 Å². The molecule has 0 saturated heterocycles. The Morgan fingerprint density at radius 3 is 2.43 bits per heavy atom.